The molecule has 0 aliphatic rings. The third-order valence-electron chi connectivity index (χ3n) is 4.56. The average Bonchev–Trinajstić information content (AvgIpc) is 2.55. The van der Waals surface area contributed by atoms with Crippen LogP contribution in [0.25, 0.3) is 0 Å². The molecule has 1 heterocycles. The zero-order valence-corrected chi connectivity index (χ0v) is 13.9. The van der Waals surface area contributed by atoms with Gasteiger partial charge in [-0.2, -0.15) is 0 Å². The summed E-state index contributed by atoms with van der Waals surface area (Å²) in [6, 6.07) is 16.6. The molecular weight excluding hydrogens is 270 g/mol. The molecule has 1 aromatic heterocycles. The van der Waals surface area contributed by atoms with Gasteiger partial charge in [0, 0.05) is 11.6 Å². The first-order chi connectivity index (χ1) is 10.6. The lowest BCUT2D eigenvalue weighted by molar-refractivity contribution is 0.274. The fourth-order valence-corrected chi connectivity index (χ4v) is 3.20. The van der Waals surface area contributed by atoms with Crippen molar-refractivity contribution in [1.82, 2.24) is 4.98 Å². The number of aliphatic hydroxyl groups excluding tert-OH is 1. The molecule has 0 spiro atoms. The van der Waals surface area contributed by atoms with Gasteiger partial charge in [0.1, 0.15) is 0 Å². The predicted molar refractivity (Wildman–Crippen MR) is 91.7 cm³/mol. The zero-order valence-electron chi connectivity index (χ0n) is 13.9. The van der Waals surface area contributed by atoms with E-state index in [2.05, 4.69) is 62.2 Å². The van der Waals surface area contributed by atoms with E-state index in [1.54, 1.807) is 0 Å². The van der Waals surface area contributed by atoms with Crippen molar-refractivity contribution in [3.63, 3.8) is 0 Å². The van der Waals surface area contributed by atoms with Crippen LogP contribution in [-0.2, 0) is 13.0 Å². The van der Waals surface area contributed by atoms with Crippen LogP contribution in [0.2, 0.25) is 0 Å². The van der Waals surface area contributed by atoms with Crippen LogP contribution in [0.4, 0.5) is 0 Å². The van der Waals surface area contributed by atoms with Gasteiger partial charge in [-0.15, -0.1) is 0 Å². The summed E-state index contributed by atoms with van der Waals surface area (Å²) in [6.45, 7) is 6.86. The Labute approximate surface area is 134 Å². The smallest absolute Gasteiger partial charge is 0.0853 e. The molecule has 2 heteroatoms. The van der Waals surface area contributed by atoms with E-state index in [0.29, 0.717) is 17.8 Å². The molecule has 0 amide bonds. The molecule has 1 unspecified atom stereocenters. The summed E-state index contributed by atoms with van der Waals surface area (Å²) in [5, 5.41) is 9.28. The highest BCUT2D eigenvalue weighted by Crippen LogP contribution is 2.32. The molecule has 0 radical (unpaired) electrons. The fourth-order valence-electron chi connectivity index (χ4n) is 3.20. The Morgan fingerprint density at radius 1 is 0.955 bits per heavy atom. The van der Waals surface area contributed by atoms with Gasteiger partial charge >= 0.3 is 0 Å². The van der Waals surface area contributed by atoms with Crippen LogP contribution in [0.5, 0.6) is 0 Å². The van der Waals surface area contributed by atoms with E-state index in [1.165, 1.54) is 5.56 Å². The molecule has 1 aromatic carbocycles. The van der Waals surface area contributed by atoms with E-state index in [1.807, 2.05) is 12.1 Å². The number of aliphatic hydroxyl groups is 1. The molecule has 2 atom stereocenters. The summed E-state index contributed by atoms with van der Waals surface area (Å²) in [5.74, 6) is 1.59. The fraction of sp³-hybridized carbons (Fsp3) is 0.450. The first kappa shape index (κ1) is 16.7. The second kappa shape index (κ2) is 8.09. The standard InChI is InChI=1S/C20H27NO/c1-15(2)19(13-12-17-8-5-4-6-9-17)16(3)20-11-7-10-18(14-22)21-20/h4-11,15-16,19,22H,12-14H2,1-3H3/t16?,19-/m0/s1. The quantitative estimate of drug-likeness (QED) is 0.811. The topological polar surface area (TPSA) is 33.1 Å². The van der Waals surface area contributed by atoms with Crippen molar-refractivity contribution in [3.8, 4) is 0 Å². The lowest BCUT2D eigenvalue weighted by atomic mass is 9.78. The summed E-state index contributed by atoms with van der Waals surface area (Å²) in [5.41, 5.74) is 3.26. The Bertz CT molecular complexity index is 565. The average molecular weight is 297 g/mol. The molecule has 0 fully saturated rings. The predicted octanol–water partition coefficient (Wildman–Crippen LogP) is 4.58. The zero-order chi connectivity index (χ0) is 15.9. The molecule has 118 valence electrons. The second-order valence-electron chi connectivity index (χ2n) is 6.43. The lowest BCUT2D eigenvalue weighted by Crippen LogP contribution is -2.18. The maximum absolute atomic E-state index is 9.28. The minimum Gasteiger partial charge on any atom is -0.390 e. The van der Waals surface area contributed by atoms with Crippen molar-refractivity contribution < 1.29 is 5.11 Å². The summed E-state index contributed by atoms with van der Waals surface area (Å²) < 4.78 is 0. The number of rotatable bonds is 7. The van der Waals surface area contributed by atoms with Crippen molar-refractivity contribution in [3.05, 3.63) is 65.5 Å². The van der Waals surface area contributed by atoms with E-state index >= 15 is 0 Å². The second-order valence-corrected chi connectivity index (χ2v) is 6.43. The summed E-state index contributed by atoms with van der Waals surface area (Å²) in [7, 11) is 0. The summed E-state index contributed by atoms with van der Waals surface area (Å²) in [4.78, 5) is 4.60. The molecule has 1 N–H and O–H groups in total. The first-order valence-electron chi connectivity index (χ1n) is 8.22. The summed E-state index contributed by atoms with van der Waals surface area (Å²) >= 11 is 0. The van der Waals surface area contributed by atoms with E-state index in [0.717, 1.165) is 24.2 Å². The van der Waals surface area contributed by atoms with Gasteiger partial charge in [0.05, 0.1) is 12.3 Å². The van der Waals surface area contributed by atoms with Crippen LogP contribution in [-0.4, -0.2) is 10.1 Å². The number of aromatic nitrogens is 1. The van der Waals surface area contributed by atoms with Crippen LogP contribution in [0.15, 0.2) is 48.5 Å². The van der Waals surface area contributed by atoms with Crippen molar-refractivity contribution in [2.75, 3.05) is 0 Å². The normalized spacial score (nSPS) is 14.0. The monoisotopic (exact) mass is 297 g/mol. The van der Waals surface area contributed by atoms with Gasteiger partial charge in [0.2, 0.25) is 0 Å². The third kappa shape index (κ3) is 4.41. The van der Waals surface area contributed by atoms with Gasteiger partial charge in [0.25, 0.3) is 0 Å². The Morgan fingerprint density at radius 2 is 1.68 bits per heavy atom. The Hall–Kier alpha value is -1.67. The van der Waals surface area contributed by atoms with Crippen LogP contribution in [0, 0.1) is 11.8 Å². The van der Waals surface area contributed by atoms with Gasteiger partial charge in [0.15, 0.2) is 0 Å². The van der Waals surface area contributed by atoms with Crippen molar-refractivity contribution >= 4 is 0 Å². The third-order valence-corrected chi connectivity index (χ3v) is 4.56. The van der Waals surface area contributed by atoms with Gasteiger partial charge < -0.3 is 5.11 Å². The first-order valence-corrected chi connectivity index (χ1v) is 8.22. The molecule has 0 aliphatic carbocycles. The minimum atomic E-state index is 0.0108. The maximum Gasteiger partial charge on any atom is 0.0853 e. The van der Waals surface area contributed by atoms with E-state index in [-0.39, 0.29) is 6.61 Å². The molecule has 0 saturated heterocycles. The maximum atomic E-state index is 9.28. The molecule has 2 nitrogen and oxygen atoms in total. The van der Waals surface area contributed by atoms with E-state index in [4.69, 9.17) is 0 Å². The van der Waals surface area contributed by atoms with Crippen LogP contribution >= 0.6 is 0 Å². The number of hydrogen-bond donors (Lipinski definition) is 1. The number of benzene rings is 1. The lowest BCUT2D eigenvalue weighted by Gasteiger charge is -2.27. The molecule has 22 heavy (non-hydrogen) atoms. The van der Waals surface area contributed by atoms with Gasteiger partial charge in [-0.25, -0.2) is 0 Å². The van der Waals surface area contributed by atoms with Crippen molar-refractivity contribution in [2.45, 2.75) is 46.1 Å². The number of nitrogens with zero attached hydrogens (tertiary/aromatic N) is 1. The van der Waals surface area contributed by atoms with Gasteiger partial charge in [-0.05, 0) is 42.4 Å². The molecule has 2 aromatic rings. The largest absolute Gasteiger partial charge is 0.390 e. The molecule has 2 rings (SSSR count). The highest BCUT2D eigenvalue weighted by Gasteiger charge is 2.23. The van der Waals surface area contributed by atoms with Gasteiger partial charge in [-0.1, -0.05) is 57.2 Å². The number of hydrogen-bond acceptors (Lipinski definition) is 2. The minimum absolute atomic E-state index is 0.0108. The summed E-state index contributed by atoms with van der Waals surface area (Å²) in [6.07, 6.45) is 2.27. The Balaban J connectivity index is 2.09. The van der Waals surface area contributed by atoms with Crippen LogP contribution in [0.1, 0.15) is 50.1 Å². The van der Waals surface area contributed by atoms with Gasteiger partial charge in [-0.3, -0.25) is 4.98 Å². The molecule has 0 bridgehead atoms. The highest BCUT2D eigenvalue weighted by atomic mass is 16.3. The van der Waals surface area contributed by atoms with Crippen LogP contribution in [0.3, 0.4) is 0 Å². The molecule has 0 saturated carbocycles. The Kier molecular flexibility index (Phi) is 6.14. The van der Waals surface area contributed by atoms with Crippen LogP contribution < -0.4 is 0 Å². The van der Waals surface area contributed by atoms with E-state index < -0.39 is 0 Å². The molecular formula is C20H27NO. The van der Waals surface area contributed by atoms with Crippen molar-refractivity contribution in [2.24, 2.45) is 11.8 Å². The molecule has 0 aliphatic heterocycles. The highest BCUT2D eigenvalue weighted by molar-refractivity contribution is 5.17. The van der Waals surface area contributed by atoms with E-state index in [9.17, 15) is 5.11 Å². The number of pyridine rings is 1. The Morgan fingerprint density at radius 3 is 2.32 bits per heavy atom. The number of aryl methyl sites for hydroxylation is 1. The SMILES string of the molecule is CC(C)[C@H](CCc1ccccc1)C(C)c1cccc(CO)n1. The van der Waals surface area contributed by atoms with Crippen molar-refractivity contribution in [1.29, 1.82) is 0 Å².